The number of pyridine rings is 1. The van der Waals surface area contributed by atoms with Gasteiger partial charge in [-0.2, -0.15) is 4.98 Å². The molecule has 4 aromatic rings. The first-order chi connectivity index (χ1) is 19.8. The van der Waals surface area contributed by atoms with Crippen LogP contribution in [0.1, 0.15) is 42.3 Å². The normalized spacial score (nSPS) is 15.3. The minimum absolute atomic E-state index is 0.123. The van der Waals surface area contributed by atoms with Gasteiger partial charge in [-0.1, -0.05) is 74.5 Å². The van der Waals surface area contributed by atoms with Gasteiger partial charge in [0.25, 0.3) is 0 Å². The van der Waals surface area contributed by atoms with Crippen molar-refractivity contribution in [2.24, 2.45) is 0 Å². The molecule has 1 saturated heterocycles. The number of rotatable bonds is 7. The zero-order chi connectivity index (χ0) is 29.3. The molecule has 1 amide bonds. The molecule has 0 bridgehead atoms. The van der Waals surface area contributed by atoms with Gasteiger partial charge in [-0.15, -0.1) is 0 Å². The lowest BCUT2D eigenvalue weighted by Gasteiger charge is -2.40. The van der Waals surface area contributed by atoms with E-state index >= 15 is 0 Å². The highest BCUT2D eigenvalue weighted by molar-refractivity contribution is 6.34. The summed E-state index contributed by atoms with van der Waals surface area (Å²) in [5.41, 5.74) is 4.16. The lowest BCUT2D eigenvalue weighted by Crippen LogP contribution is -2.54. The molecule has 8 nitrogen and oxygen atoms in total. The van der Waals surface area contributed by atoms with Gasteiger partial charge >= 0.3 is 5.69 Å². The van der Waals surface area contributed by atoms with Crippen LogP contribution in [-0.4, -0.2) is 57.3 Å². The van der Waals surface area contributed by atoms with E-state index in [0.717, 1.165) is 23.1 Å². The van der Waals surface area contributed by atoms with Crippen LogP contribution in [-0.2, 0) is 17.6 Å². The summed E-state index contributed by atoms with van der Waals surface area (Å²) in [6.07, 6.45) is 3.51. The van der Waals surface area contributed by atoms with Gasteiger partial charge in [0.2, 0.25) is 5.91 Å². The summed E-state index contributed by atoms with van der Waals surface area (Å²) in [6, 6.07) is 14.8. The average molecular weight is 570 g/mol. The number of hydrogen-bond donors (Lipinski definition) is 0. The summed E-state index contributed by atoms with van der Waals surface area (Å²) < 4.78 is 1.59. The van der Waals surface area contributed by atoms with Crippen LogP contribution < -0.4 is 10.6 Å². The van der Waals surface area contributed by atoms with Crippen LogP contribution in [0.5, 0.6) is 0 Å². The molecular formula is C32H32ClN5O3. The van der Waals surface area contributed by atoms with E-state index in [4.69, 9.17) is 16.6 Å². The Bertz CT molecular complexity index is 1710. The van der Waals surface area contributed by atoms with E-state index in [1.807, 2.05) is 36.1 Å². The molecule has 9 heteroatoms. The first-order valence-electron chi connectivity index (χ1n) is 13.8. The number of piperazine rings is 1. The highest BCUT2D eigenvalue weighted by Crippen LogP contribution is 2.36. The molecule has 0 spiro atoms. The first kappa shape index (κ1) is 28.2. The number of halogens is 1. The number of amides is 1. The van der Waals surface area contributed by atoms with Crippen molar-refractivity contribution < 1.29 is 9.59 Å². The van der Waals surface area contributed by atoms with Crippen molar-refractivity contribution in [3.8, 4) is 16.9 Å². The SMILES string of the molecule is C=CC(=O)N1CCN(c2nc(=O)n(-c3c(CC)cccc3CC)c3nc(-c4ccccc4C=O)c(Cl)cc23)[C@@H](C)C1. The third-order valence-corrected chi connectivity index (χ3v) is 8.01. The van der Waals surface area contributed by atoms with E-state index in [1.54, 1.807) is 33.7 Å². The number of carbonyl (C=O) groups excluding carboxylic acids is 2. The summed E-state index contributed by atoms with van der Waals surface area (Å²) in [7, 11) is 0. The number of hydrogen-bond acceptors (Lipinski definition) is 6. The largest absolute Gasteiger partial charge is 0.355 e. The summed E-state index contributed by atoms with van der Waals surface area (Å²) in [4.78, 5) is 51.6. The molecule has 1 fully saturated rings. The Morgan fingerprint density at radius 3 is 2.41 bits per heavy atom. The van der Waals surface area contributed by atoms with Gasteiger partial charge in [0.05, 0.1) is 21.8 Å². The zero-order valence-corrected chi connectivity index (χ0v) is 24.2. The number of fused-ring (bicyclic) bond motifs is 1. The van der Waals surface area contributed by atoms with E-state index in [-0.39, 0.29) is 11.9 Å². The minimum Gasteiger partial charge on any atom is -0.350 e. The molecule has 0 unspecified atom stereocenters. The maximum atomic E-state index is 14.0. The fourth-order valence-electron chi connectivity index (χ4n) is 5.63. The van der Waals surface area contributed by atoms with E-state index < -0.39 is 5.69 Å². The Balaban J connectivity index is 1.82. The highest BCUT2D eigenvalue weighted by atomic mass is 35.5. The van der Waals surface area contributed by atoms with Crippen molar-refractivity contribution in [3.63, 3.8) is 0 Å². The molecule has 0 aliphatic carbocycles. The van der Waals surface area contributed by atoms with Gasteiger partial charge in [0, 0.05) is 36.8 Å². The summed E-state index contributed by atoms with van der Waals surface area (Å²) in [5, 5.41) is 0.956. The number of para-hydroxylation sites is 1. The van der Waals surface area contributed by atoms with Gasteiger partial charge in [-0.05, 0) is 43.0 Å². The van der Waals surface area contributed by atoms with E-state index in [9.17, 15) is 14.4 Å². The summed E-state index contributed by atoms with van der Waals surface area (Å²) in [6.45, 7) is 11.1. The quantitative estimate of drug-likeness (QED) is 0.223. The standard InChI is InChI=1S/C32H32ClN5O3/c1-5-21-12-10-13-22(6-2)29(21)38-31-25(17-26(33)28(34-31)24-14-9-8-11-23(24)19-39)30(35-32(38)41)37-16-15-36(18-20(37)4)27(40)7-3/h7-14,17,19-20H,3,5-6,15-16,18H2,1-2,4H3/t20-/m0/s1. The minimum atomic E-state index is -0.454. The van der Waals surface area contributed by atoms with Crippen LogP contribution in [0.2, 0.25) is 5.02 Å². The fourth-order valence-corrected chi connectivity index (χ4v) is 5.89. The fraction of sp³-hybridized carbons (Fsp3) is 0.281. The average Bonchev–Trinajstić information content (AvgIpc) is 3.00. The summed E-state index contributed by atoms with van der Waals surface area (Å²) in [5.74, 6) is 0.340. The Hall–Kier alpha value is -4.30. The molecule has 1 aliphatic heterocycles. The van der Waals surface area contributed by atoms with Gasteiger partial charge in [0.1, 0.15) is 5.82 Å². The number of benzene rings is 2. The second kappa shape index (κ2) is 11.7. The van der Waals surface area contributed by atoms with Gasteiger partial charge in [-0.25, -0.2) is 14.3 Å². The van der Waals surface area contributed by atoms with Crippen LogP contribution in [0.4, 0.5) is 5.82 Å². The Morgan fingerprint density at radius 2 is 1.78 bits per heavy atom. The van der Waals surface area contributed by atoms with Gasteiger partial charge in [0.15, 0.2) is 11.9 Å². The number of aryl methyl sites for hydroxylation is 2. The molecule has 2 aromatic carbocycles. The van der Waals surface area contributed by atoms with Gasteiger partial charge in [-0.3, -0.25) is 9.59 Å². The number of nitrogens with zero attached hydrogens (tertiary/aromatic N) is 5. The van der Waals surface area contributed by atoms with Crippen LogP contribution in [0.25, 0.3) is 28.0 Å². The third kappa shape index (κ3) is 5.04. The molecule has 5 rings (SSSR count). The topological polar surface area (TPSA) is 88.4 Å². The highest BCUT2D eigenvalue weighted by Gasteiger charge is 2.30. The molecule has 0 saturated carbocycles. The Morgan fingerprint density at radius 1 is 1.07 bits per heavy atom. The van der Waals surface area contributed by atoms with E-state index in [0.29, 0.717) is 71.2 Å². The smallest absolute Gasteiger partial charge is 0.350 e. The molecule has 210 valence electrons. The van der Waals surface area contributed by atoms with Crippen molar-refractivity contribution in [1.82, 2.24) is 19.4 Å². The van der Waals surface area contributed by atoms with Crippen LogP contribution in [0.3, 0.4) is 0 Å². The monoisotopic (exact) mass is 569 g/mol. The molecule has 41 heavy (non-hydrogen) atoms. The van der Waals surface area contributed by atoms with Crippen molar-refractivity contribution in [1.29, 1.82) is 0 Å². The second-order valence-corrected chi connectivity index (χ2v) is 10.5. The molecular weight excluding hydrogens is 538 g/mol. The number of aromatic nitrogens is 3. The van der Waals surface area contributed by atoms with Crippen LogP contribution >= 0.6 is 11.6 Å². The molecule has 1 aliphatic rings. The Kier molecular flexibility index (Phi) is 8.03. The lowest BCUT2D eigenvalue weighted by molar-refractivity contribution is -0.126. The number of anilines is 1. The molecule has 0 radical (unpaired) electrons. The van der Waals surface area contributed by atoms with E-state index in [2.05, 4.69) is 25.4 Å². The third-order valence-electron chi connectivity index (χ3n) is 7.72. The molecule has 2 aromatic heterocycles. The van der Waals surface area contributed by atoms with Crippen molar-refractivity contribution in [2.75, 3.05) is 24.5 Å². The number of aldehydes is 1. The number of carbonyl (C=O) groups is 2. The first-order valence-corrected chi connectivity index (χ1v) is 14.2. The summed E-state index contributed by atoms with van der Waals surface area (Å²) >= 11 is 6.88. The van der Waals surface area contributed by atoms with Crippen molar-refractivity contribution in [2.45, 2.75) is 39.7 Å². The zero-order valence-electron chi connectivity index (χ0n) is 23.4. The molecule has 1 atom stereocenters. The van der Waals surface area contributed by atoms with Crippen molar-refractivity contribution >= 4 is 40.6 Å². The Labute approximate surface area is 243 Å². The predicted octanol–water partition coefficient (Wildman–Crippen LogP) is 5.26. The molecule has 0 N–H and O–H groups in total. The lowest BCUT2D eigenvalue weighted by atomic mass is 10.0. The van der Waals surface area contributed by atoms with Gasteiger partial charge < -0.3 is 9.80 Å². The maximum absolute atomic E-state index is 14.0. The molecule has 3 heterocycles. The second-order valence-electron chi connectivity index (χ2n) is 10.1. The maximum Gasteiger partial charge on any atom is 0.355 e. The van der Waals surface area contributed by atoms with Crippen molar-refractivity contribution in [3.05, 3.63) is 93.4 Å². The van der Waals surface area contributed by atoms with Crippen LogP contribution in [0, 0.1) is 0 Å². The predicted molar refractivity (Wildman–Crippen MR) is 163 cm³/mol. The van der Waals surface area contributed by atoms with Crippen LogP contribution in [0.15, 0.2) is 66.0 Å². The van der Waals surface area contributed by atoms with E-state index in [1.165, 1.54) is 6.08 Å².